The number of rotatable bonds is 1. The third-order valence-corrected chi connectivity index (χ3v) is 4.17. The van der Waals surface area contributed by atoms with Gasteiger partial charge in [-0.25, -0.2) is 9.59 Å². The molecular weight excluding hydrogens is 385 g/mol. The lowest BCUT2D eigenvalue weighted by atomic mass is 10.2. The number of nitrogens with one attached hydrogen (secondary N) is 3. The predicted octanol–water partition coefficient (Wildman–Crippen LogP) is 4.53. The molecule has 0 radical (unpaired) electrons. The summed E-state index contributed by atoms with van der Waals surface area (Å²) >= 11 is 5.54. The van der Waals surface area contributed by atoms with Crippen molar-refractivity contribution in [3.8, 4) is 0 Å². The van der Waals surface area contributed by atoms with Crippen molar-refractivity contribution < 1.29 is 22.8 Å². The Balaban J connectivity index is 1.69. The molecule has 1 heterocycles. The Morgan fingerprint density at radius 2 is 1.89 bits per heavy atom. The molecule has 0 bridgehead atoms. The maximum absolute atomic E-state index is 12.9. The Hall–Kier alpha value is -2.94. The first-order valence-corrected chi connectivity index (χ1v) is 8.22. The smallest absolute Gasteiger partial charge is 0.382 e. The number of amides is 4. The van der Waals surface area contributed by atoms with Crippen molar-refractivity contribution in [2.24, 2.45) is 0 Å². The molecule has 3 N–H and O–H groups in total. The van der Waals surface area contributed by atoms with Gasteiger partial charge in [0.25, 0.3) is 0 Å². The SMILES string of the molecule is O=C(NC(=O)N1CCNc2ccccc21)Nc1ccc(Cl)c(C(F)(F)F)c1. The fourth-order valence-corrected chi connectivity index (χ4v) is 2.86. The van der Waals surface area contributed by atoms with E-state index >= 15 is 0 Å². The minimum absolute atomic E-state index is 0.141. The highest BCUT2D eigenvalue weighted by Gasteiger charge is 2.33. The molecule has 10 heteroatoms. The van der Waals surface area contributed by atoms with Crippen molar-refractivity contribution in [2.75, 3.05) is 28.6 Å². The standard InChI is InChI=1S/C17H14ClF3N4O2/c18-12-6-5-10(9-11(12)17(19,20)21)23-15(26)24-16(27)25-8-7-22-13-3-1-2-4-14(13)25/h1-6,9,22H,7-8H2,(H2,23,24,26,27). The van der Waals surface area contributed by atoms with Gasteiger partial charge in [-0.15, -0.1) is 0 Å². The second kappa shape index (κ2) is 7.36. The number of anilines is 3. The number of para-hydroxylation sites is 2. The number of nitrogens with zero attached hydrogens (tertiary/aromatic N) is 1. The van der Waals surface area contributed by atoms with Crippen molar-refractivity contribution in [3.63, 3.8) is 0 Å². The van der Waals surface area contributed by atoms with Crippen LogP contribution in [0.3, 0.4) is 0 Å². The van der Waals surface area contributed by atoms with Gasteiger partial charge in [-0.1, -0.05) is 23.7 Å². The van der Waals surface area contributed by atoms with Crippen LogP contribution in [0, 0.1) is 0 Å². The van der Waals surface area contributed by atoms with Crippen LogP contribution in [-0.4, -0.2) is 25.2 Å². The summed E-state index contributed by atoms with van der Waals surface area (Å²) in [5, 5.41) is 6.95. The molecule has 0 aliphatic carbocycles. The van der Waals surface area contributed by atoms with Gasteiger partial charge in [-0.2, -0.15) is 13.2 Å². The van der Waals surface area contributed by atoms with Gasteiger partial charge in [0.1, 0.15) is 0 Å². The quantitative estimate of drug-likeness (QED) is 0.660. The molecule has 0 fully saturated rings. The summed E-state index contributed by atoms with van der Waals surface area (Å²) in [4.78, 5) is 25.8. The van der Waals surface area contributed by atoms with E-state index < -0.39 is 28.8 Å². The van der Waals surface area contributed by atoms with Gasteiger partial charge < -0.3 is 10.6 Å². The number of imide groups is 1. The zero-order valence-electron chi connectivity index (χ0n) is 13.7. The van der Waals surface area contributed by atoms with E-state index in [4.69, 9.17) is 11.6 Å². The maximum Gasteiger partial charge on any atom is 0.417 e. The molecule has 0 saturated carbocycles. The summed E-state index contributed by atoms with van der Waals surface area (Å²) < 4.78 is 38.6. The highest BCUT2D eigenvalue weighted by Crippen LogP contribution is 2.36. The second-order valence-electron chi connectivity index (χ2n) is 5.67. The monoisotopic (exact) mass is 398 g/mol. The molecule has 142 valence electrons. The molecule has 0 saturated heterocycles. The Morgan fingerprint density at radius 1 is 1.15 bits per heavy atom. The van der Waals surface area contributed by atoms with Crippen molar-refractivity contribution in [2.45, 2.75) is 6.18 Å². The van der Waals surface area contributed by atoms with E-state index in [2.05, 4.69) is 16.0 Å². The Bertz CT molecular complexity index is 889. The largest absolute Gasteiger partial charge is 0.417 e. The van der Waals surface area contributed by atoms with Crippen LogP contribution < -0.4 is 20.9 Å². The van der Waals surface area contributed by atoms with Gasteiger partial charge in [0.05, 0.1) is 22.0 Å². The van der Waals surface area contributed by atoms with E-state index in [0.29, 0.717) is 24.8 Å². The topological polar surface area (TPSA) is 73.5 Å². The number of carbonyl (C=O) groups is 2. The second-order valence-corrected chi connectivity index (χ2v) is 6.08. The van der Waals surface area contributed by atoms with E-state index in [9.17, 15) is 22.8 Å². The number of urea groups is 2. The van der Waals surface area contributed by atoms with Crippen LogP contribution in [0.5, 0.6) is 0 Å². The summed E-state index contributed by atoms with van der Waals surface area (Å²) in [5.74, 6) is 0. The molecule has 1 aliphatic heterocycles. The lowest BCUT2D eigenvalue weighted by molar-refractivity contribution is -0.137. The van der Waals surface area contributed by atoms with Crippen LogP contribution in [0.2, 0.25) is 5.02 Å². The molecular formula is C17H14ClF3N4O2. The molecule has 0 atom stereocenters. The van der Waals surface area contributed by atoms with E-state index in [-0.39, 0.29) is 5.69 Å². The summed E-state index contributed by atoms with van der Waals surface area (Å²) in [6.45, 7) is 0.827. The zero-order chi connectivity index (χ0) is 19.6. The van der Waals surface area contributed by atoms with Crippen LogP contribution in [0.15, 0.2) is 42.5 Å². The molecule has 2 aromatic rings. The van der Waals surface area contributed by atoms with E-state index in [1.165, 1.54) is 11.0 Å². The molecule has 6 nitrogen and oxygen atoms in total. The lowest BCUT2D eigenvalue weighted by Gasteiger charge is -2.30. The Kier molecular flexibility index (Phi) is 5.13. The van der Waals surface area contributed by atoms with Crippen LogP contribution in [0.4, 0.5) is 39.8 Å². The molecule has 4 amide bonds. The number of alkyl halides is 3. The summed E-state index contributed by atoms with van der Waals surface area (Å²) in [6, 6.07) is 8.35. The molecule has 0 spiro atoms. The first-order valence-electron chi connectivity index (χ1n) is 7.85. The zero-order valence-corrected chi connectivity index (χ0v) is 14.5. The van der Waals surface area contributed by atoms with Crippen molar-refractivity contribution in [3.05, 3.63) is 53.1 Å². The number of fused-ring (bicyclic) bond motifs is 1. The van der Waals surface area contributed by atoms with Crippen LogP contribution in [0.25, 0.3) is 0 Å². The molecule has 0 aromatic heterocycles. The maximum atomic E-state index is 12.9. The van der Waals surface area contributed by atoms with Gasteiger partial charge in [-0.3, -0.25) is 10.2 Å². The fraction of sp³-hybridized carbons (Fsp3) is 0.176. The number of carbonyl (C=O) groups excluding carboxylic acids is 2. The molecule has 27 heavy (non-hydrogen) atoms. The molecule has 0 unspecified atom stereocenters. The third kappa shape index (κ3) is 4.25. The molecule has 2 aromatic carbocycles. The third-order valence-electron chi connectivity index (χ3n) is 3.84. The van der Waals surface area contributed by atoms with Gasteiger partial charge in [-0.05, 0) is 30.3 Å². The Morgan fingerprint density at radius 3 is 2.63 bits per heavy atom. The number of hydrogen-bond donors (Lipinski definition) is 3. The van der Waals surface area contributed by atoms with Crippen molar-refractivity contribution in [1.29, 1.82) is 0 Å². The highest BCUT2D eigenvalue weighted by atomic mass is 35.5. The summed E-state index contributed by atoms with van der Waals surface area (Å²) in [5.41, 5.74) is 0.119. The van der Waals surface area contributed by atoms with Crippen LogP contribution >= 0.6 is 11.6 Å². The van der Waals surface area contributed by atoms with Gasteiger partial charge in [0.15, 0.2) is 0 Å². The van der Waals surface area contributed by atoms with E-state index in [0.717, 1.165) is 11.8 Å². The minimum Gasteiger partial charge on any atom is -0.382 e. The van der Waals surface area contributed by atoms with Crippen LogP contribution in [-0.2, 0) is 6.18 Å². The van der Waals surface area contributed by atoms with Gasteiger partial charge in [0, 0.05) is 18.8 Å². The number of hydrogen-bond acceptors (Lipinski definition) is 3. The number of halogens is 4. The Labute approximate surface area is 157 Å². The van der Waals surface area contributed by atoms with E-state index in [1.54, 1.807) is 24.3 Å². The first kappa shape index (κ1) is 18.8. The highest BCUT2D eigenvalue weighted by molar-refractivity contribution is 6.31. The molecule has 1 aliphatic rings. The average Bonchev–Trinajstić information content (AvgIpc) is 2.61. The van der Waals surface area contributed by atoms with Gasteiger partial charge in [0.2, 0.25) is 0 Å². The average molecular weight is 399 g/mol. The fourth-order valence-electron chi connectivity index (χ4n) is 2.64. The first-order chi connectivity index (χ1) is 12.8. The predicted molar refractivity (Wildman–Crippen MR) is 96.3 cm³/mol. The van der Waals surface area contributed by atoms with Crippen LogP contribution in [0.1, 0.15) is 5.56 Å². The summed E-state index contributed by atoms with van der Waals surface area (Å²) in [6.07, 6.45) is -4.66. The normalized spacial score (nSPS) is 13.4. The van der Waals surface area contributed by atoms with E-state index in [1.807, 2.05) is 0 Å². The molecule has 3 rings (SSSR count). The van der Waals surface area contributed by atoms with Gasteiger partial charge >= 0.3 is 18.2 Å². The van der Waals surface area contributed by atoms with Crippen molar-refractivity contribution >= 4 is 40.7 Å². The van der Waals surface area contributed by atoms with Crippen molar-refractivity contribution in [1.82, 2.24) is 5.32 Å². The lowest BCUT2D eigenvalue weighted by Crippen LogP contribution is -2.48. The number of benzene rings is 2. The minimum atomic E-state index is -4.66. The summed E-state index contributed by atoms with van der Waals surface area (Å²) in [7, 11) is 0.